The van der Waals surface area contributed by atoms with Gasteiger partial charge in [0.15, 0.2) is 0 Å². The SMILES string of the molecule is CCOC(=O)C=C(CC(=O)OCC)OP(=O)(OCC)OCC. The molecule has 0 spiro atoms. The van der Waals surface area contributed by atoms with Gasteiger partial charge < -0.3 is 14.0 Å². The normalized spacial score (nSPS) is 11.9. The Morgan fingerprint density at radius 2 is 1.45 bits per heavy atom. The monoisotopic (exact) mass is 338 g/mol. The maximum absolute atomic E-state index is 12.3. The van der Waals surface area contributed by atoms with Gasteiger partial charge >= 0.3 is 19.8 Å². The van der Waals surface area contributed by atoms with Gasteiger partial charge in [-0.05, 0) is 27.7 Å². The van der Waals surface area contributed by atoms with Crippen molar-refractivity contribution in [1.29, 1.82) is 0 Å². The first-order chi connectivity index (χ1) is 10.4. The van der Waals surface area contributed by atoms with E-state index < -0.39 is 26.2 Å². The summed E-state index contributed by atoms with van der Waals surface area (Å²) in [6, 6.07) is 0. The molecule has 0 atom stereocenters. The zero-order chi connectivity index (χ0) is 17.0. The Bertz CT molecular complexity index is 422. The van der Waals surface area contributed by atoms with Crippen molar-refractivity contribution in [2.24, 2.45) is 0 Å². The lowest BCUT2D eigenvalue weighted by molar-refractivity contribution is -0.142. The minimum absolute atomic E-state index is 0.0728. The van der Waals surface area contributed by atoms with Gasteiger partial charge in [0.1, 0.15) is 12.2 Å². The number of phosphoric acid groups is 1. The van der Waals surface area contributed by atoms with Gasteiger partial charge in [-0.3, -0.25) is 13.8 Å². The molecule has 0 radical (unpaired) electrons. The fraction of sp³-hybridized carbons (Fsp3) is 0.692. The van der Waals surface area contributed by atoms with E-state index in [1.165, 1.54) is 0 Å². The summed E-state index contributed by atoms with van der Waals surface area (Å²) in [5, 5.41) is 0. The van der Waals surface area contributed by atoms with Crippen LogP contribution in [0.4, 0.5) is 0 Å². The maximum atomic E-state index is 12.3. The quantitative estimate of drug-likeness (QED) is 0.245. The molecular formula is C13H23O8P. The molecule has 22 heavy (non-hydrogen) atoms. The Hall–Kier alpha value is -1.37. The fourth-order valence-corrected chi connectivity index (χ4v) is 2.55. The molecule has 0 saturated heterocycles. The van der Waals surface area contributed by atoms with E-state index in [9.17, 15) is 14.2 Å². The molecule has 0 aromatic rings. The molecule has 0 aromatic heterocycles. The van der Waals surface area contributed by atoms with E-state index in [-0.39, 0.29) is 32.2 Å². The standard InChI is InChI=1S/C13H23O8P/c1-5-17-12(14)9-11(10-13(15)18-6-2)21-22(16,19-7-3)20-8-4/h9H,5-8,10H2,1-4H3. The number of phosphoric ester groups is 1. The Morgan fingerprint density at radius 3 is 1.91 bits per heavy atom. The van der Waals surface area contributed by atoms with Gasteiger partial charge in [-0.25, -0.2) is 9.36 Å². The molecule has 0 saturated carbocycles. The lowest BCUT2D eigenvalue weighted by atomic mass is 10.3. The molecule has 128 valence electrons. The first-order valence-corrected chi connectivity index (χ1v) is 8.48. The topological polar surface area (TPSA) is 97.4 Å². The summed E-state index contributed by atoms with van der Waals surface area (Å²) in [6.07, 6.45) is 0.530. The molecule has 0 fully saturated rings. The predicted molar refractivity (Wildman–Crippen MR) is 77.9 cm³/mol. The number of rotatable bonds is 11. The highest BCUT2D eigenvalue weighted by atomic mass is 31.2. The molecule has 0 rings (SSSR count). The van der Waals surface area contributed by atoms with Gasteiger partial charge in [-0.2, -0.15) is 0 Å². The van der Waals surface area contributed by atoms with Gasteiger partial charge in [0.2, 0.25) is 0 Å². The number of carbonyl (C=O) groups is 2. The van der Waals surface area contributed by atoms with Crippen molar-refractivity contribution in [1.82, 2.24) is 0 Å². The van der Waals surface area contributed by atoms with Gasteiger partial charge in [-0.15, -0.1) is 0 Å². The van der Waals surface area contributed by atoms with Gasteiger partial charge in [0.25, 0.3) is 0 Å². The highest BCUT2D eigenvalue weighted by Gasteiger charge is 2.29. The third-order valence-electron chi connectivity index (χ3n) is 1.99. The third-order valence-corrected chi connectivity index (χ3v) is 3.60. The second kappa shape index (κ2) is 11.2. The Labute approximate surface area is 130 Å². The molecule has 0 heterocycles. The Morgan fingerprint density at radius 1 is 0.909 bits per heavy atom. The van der Waals surface area contributed by atoms with E-state index in [4.69, 9.17) is 23.0 Å². The van der Waals surface area contributed by atoms with E-state index in [1.807, 2.05) is 0 Å². The molecule has 0 N–H and O–H groups in total. The smallest absolute Gasteiger partial charge is 0.466 e. The maximum Gasteiger partial charge on any atom is 0.529 e. The molecule has 0 aliphatic carbocycles. The largest absolute Gasteiger partial charge is 0.529 e. The predicted octanol–water partition coefficient (Wildman–Crippen LogP) is 2.58. The molecule has 8 nitrogen and oxygen atoms in total. The van der Waals surface area contributed by atoms with E-state index in [1.54, 1.807) is 27.7 Å². The zero-order valence-electron chi connectivity index (χ0n) is 13.3. The summed E-state index contributed by atoms with van der Waals surface area (Å²) < 4.78 is 36.8. The van der Waals surface area contributed by atoms with Crippen LogP contribution in [0.2, 0.25) is 0 Å². The third kappa shape index (κ3) is 8.81. The van der Waals surface area contributed by atoms with E-state index in [0.717, 1.165) is 6.08 Å². The van der Waals surface area contributed by atoms with Crippen molar-refractivity contribution < 1.29 is 37.2 Å². The lowest BCUT2D eigenvalue weighted by Gasteiger charge is -2.18. The summed E-state index contributed by atoms with van der Waals surface area (Å²) in [5.41, 5.74) is 0. The molecule has 9 heteroatoms. The summed E-state index contributed by atoms with van der Waals surface area (Å²) in [7, 11) is -3.91. The average molecular weight is 338 g/mol. The first-order valence-electron chi connectivity index (χ1n) is 7.02. The summed E-state index contributed by atoms with van der Waals surface area (Å²) in [4.78, 5) is 23.0. The number of hydrogen-bond acceptors (Lipinski definition) is 8. The van der Waals surface area contributed by atoms with Crippen LogP contribution in [0.25, 0.3) is 0 Å². The molecule has 0 aliphatic heterocycles. The van der Waals surface area contributed by atoms with Crippen molar-refractivity contribution in [2.75, 3.05) is 26.4 Å². The highest BCUT2D eigenvalue weighted by Crippen LogP contribution is 2.51. The van der Waals surface area contributed by atoms with Crippen LogP contribution in [0.3, 0.4) is 0 Å². The molecule has 0 aromatic carbocycles. The zero-order valence-corrected chi connectivity index (χ0v) is 14.2. The van der Waals surface area contributed by atoms with Crippen LogP contribution in [0.15, 0.2) is 11.8 Å². The van der Waals surface area contributed by atoms with Gasteiger partial charge in [0, 0.05) is 0 Å². The summed E-state index contributed by atoms with van der Waals surface area (Å²) in [5.74, 6) is -1.58. The minimum atomic E-state index is -3.91. The molecule has 0 unspecified atom stereocenters. The number of esters is 2. The van der Waals surface area contributed by atoms with E-state index >= 15 is 0 Å². The van der Waals surface area contributed by atoms with Crippen LogP contribution in [0.5, 0.6) is 0 Å². The second-order valence-electron chi connectivity index (χ2n) is 3.72. The minimum Gasteiger partial charge on any atom is -0.466 e. The first kappa shape index (κ1) is 20.6. The Balaban J connectivity index is 5.15. The molecule has 0 bridgehead atoms. The van der Waals surface area contributed by atoms with E-state index in [0.29, 0.717) is 0 Å². The van der Waals surface area contributed by atoms with Crippen LogP contribution < -0.4 is 0 Å². The van der Waals surface area contributed by atoms with Crippen molar-refractivity contribution in [3.63, 3.8) is 0 Å². The van der Waals surface area contributed by atoms with Crippen molar-refractivity contribution in [3.05, 3.63) is 11.8 Å². The number of ether oxygens (including phenoxy) is 2. The van der Waals surface area contributed by atoms with Crippen LogP contribution in [-0.2, 0) is 37.2 Å². The van der Waals surface area contributed by atoms with Crippen molar-refractivity contribution in [3.8, 4) is 0 Å². The summed E-state index contributed by atoms with van der Waals surface area (Å²) >= 11 is 0. The number of carbonyl (C=O) groups excluding carboxylic acids is 2. The van der Waals surface area contributed by atoms with Crippen LogP contribution in [0.1, 0.15) is 34.1 Å². The van der Waals surface area contributed by atoms with Crippen LogP contribution in [-0.4, -0.2) is 38.4 Å². The lowest BCUT2D eigenvalue weighted by Crippen LogP contribution is -2.10. The van der Waals surface area contributed by atoms with Crippen molar-refractivity contribution >= 4 is 19.8 Å². The fourth-order valence-electron chi connectivity index (χ4n) is 1.33. The van der Waals surface area contributed by atoms with Gasteiger partial charge in [0.05, 0.1) is 32.5 Å². The van der Waals surface area contributed by atoms with Crippen LogP contribution >= 0.6 is 7.82 Å². The highest BCUT2D eigenvalue weighted by molar-refractivity contribution is 7.48. The molecule has 0 aliphatic rings. The molecular weight excluding hydrogens is 315 g/mol. The molecule has 0 amide bonds. The van der Waals surface area contributed by atoms with Crippen LogP contribution in [0, 0.1) is 0 Å². The second-order valence-corrected chi connectivity index (χ2v) is 5.31. The average Bonchev–Trinajstić information content (AvgIpc) is 2.39. The van der Waals surface area contributed by atoms with E-state index in [2.05, 4.69) is 0 Å². The Kier molecular flexibility index (Phi) is 10.5. The summed E-state index contributed by atoms with van der Waals surface area (Å²) in [6.45, 7) is 6.94. The van der Waals surface area contributed by atoms with Gasteiger partial charge in [-0.1, -0.05) is 0 Å². The number of hydrogen-bond donors (Lipinski definition) is 0. The van der Waals surface area contributed by atoms with Crippen molar-refractivity contribution in [2.45, 2.75) is 34.1 Å².